The van der Waals surface area contributed by atoms with Crippen LogP contribution in [0, 0.1) is 12.7 Å². The third-order valence-corrected chi connectivity index (χ3v) is 6.20. The maximum Gasteiger partial charge on any atom is 0.421 e. The van der Waals surface area contributed by atoms with E-state index in [1.165, 1.54) is 32.2 Å². The summed E-state index contributed by atoms with van der Waals surface area (Å²) in [6.45, 7) is 4.39. The molecule has 4 rings (SSSR count). The van der Waals surface area contributed by atoms with Crippen molar-refractivity contribution in [3.05, 3.63) is 92.2 Å². The molecule has 0 aliphatic heterocycles. The van der Waals surface area contributed by atoms with Crippen LogP contribution in [-0.2, 0) is 6.18 Å². The number of nitrogens with one attached hydrogen (secondary N) is 2. The van der Waals surface area contributed by atoms with Gasteiger partial charge in [-0.3, -0.25) is 9.59 Å². The highest BCUT2D eigenvalue weighted by Crippen LogP contribution is 2.35. The lowest BCUT2D eigenvalue weighted by atomic mass is 9.91. The molecule has 1 amide bonds. The number of H-pyrrole nitrogens is 1. The second-order valence-corrected chi connectivity index (χ2v) is 9.49. The fraction of sp³-hybridized carbons (Fsp3) is 0.240. The van der Waals surface area contributed by atoms with Gasteiger partial charge in [-0.15, -0.1) is 0 Å². The molecular formula is C25H21ClF4N4O3. The number of aromatic nitrogens is 3. The van der Waals surface area contributed by atoms with Gasteiger partial charge in [0.05, 0.1) is 23.5 Å². The fourth-order valence-corrected chi connectivity index (χ4v) is 4.11. The van der Waals surface area contributed by atoms with Crippen LogP contribution in [0.2, 0.25) is 5.02 Å². The number of aryl methyl sites for hydroxylation is 1. The summed E-state index contributed by atoms with van der Waals surface area (Å²) in [5.74, 6) is -1.86. The zero-order valence-electron chi connectivity index (χ0n) is 19.7. The van der Waals surface area contributed by atoms with Crippen molar-refractivity contribution in [1.82, 2.24) is 19.9 Å². The van der Waals surface area contributed by atoms with E-state index < -0.39 is 51.9 Å². The van der Waals surface area contributed by atoms with Gasteiger partial charge in [0.1, 0.15) is 16.9 Å². The maximum absolute atomic E-state index is 14.1. The van der Waals surface area contributed by atoms with Gasteiger partial charge < -0.3 is 15.4 Å². The highest BCUT2D eigenvalue weighted by Gasteiger charge is 2.42. The number of fused-ring (bicyclic) bond motifs is 1. The minimum Gasteiger partial charge on any atom is -0.388 e. The summed E-state index contributed by atoms with van der Waals surface area (Å²) in [5, 5.41) is 17.2. The summed E-state index contributed by atoms with van der Waals surface area (Å²) in [6, 6.07) is 8.32. The van der Waals surface area contributed by atoms with Gasteiger partial charge in [0.2, 0.25) is 0 Å². The topological polar surface area (TPSA) is 99.5 Å². The van der Waals surface area contributed by atoms with Gasteiger partial charge >= 0.3 is 6.18 Å². The summed E-state index contributed by atoms with van der Waals surface area (Å²) in [6.07, 6.45) is -3.95. The first-order valence-corrected chi connectivity index (χ1v) is 11.3. The Bertz CT molecular complexity index is 1550. The van der Waals surface area contributed by atoms with Gasteiger partial charge in [-0.2, -0.15) is 18.3 Å². The monoisotopic (exact) mass is 536 g/mol. The molecule has 2 aromatic heterocycles. The van der Waals surface area contributed by atoms with Crippen LogP contribution in [0.15, 0.2) is 53.5 Å². The van der Waals surface area contributed by atoms with Gasteiger partial charge in [0, 0.05) is 5.02 Å². The highest BCUT2D eigenvalue weighted by atomic mass is 35.5. The van der Waals surface area contributed by atoms with Crippen LogP contribution in [0.5, 0.6) is 0 Å². The molecule has 0 saturated heterocycles. The number of hydrogen-bond acceptors (Lipinski definition) is 4. The minimum absolute atomic E-state index is 0.154. The largest absolute Gasteiger partial charge is 0.421 e. The van der Waals surface area contributed by atoms with Gasteiger partial charge in [0.15, 0.2) is 5.69 Å². The molecule has 2 heterocycles. The summed E-state index contributed by atoms with van der Waals surface area (Å²) in [5.41, 5.74) is -4.67. The normalized spacial score (nSPS) is 13.1. The Morgan fingerprint density at radius 3 is 2.38 bits per heavy atom. The van der Waals surface area contributed by atoms with E-state index in [1.54, 1.807) is 25.1 Å². The summed E-state index contributed by atoms with van der Waals surface area (Å²) in [4.78, 5) is 28.3. The Morgan fingerprint density at radius 1 is 1.16 bits per heavy atom. The first-order chi connectivity index (χ1) is 17.2. The average Bonchev–Trinajstić information content (AvgIpc) is 3.20. The molecule has 37 heavy (non-hydrogen) atoms. The van der Waals surface area contributed by atoms with E-state index in [0.29, 0.717) is 20.7 Å². The van der Waals surface area contributed by atoms with Crippen molar-refractivity contribution in [1.29, 1.82) is 0 Å². The van der Waals surface area contributed by atoms with Crippen LogP contribution in [-0.4, -0.2) is 31.2 Å². The number of carbonyl (C=O) groups is 1. The Balaban J connectivity index is 1.84. The van der Waals surface area contributed by atoms with Crippen LogP contribution >= 0.6 is 11.6 Å². The second kappa shape index (κ2) is 9.31. The lowest BCUT2D eigenvalue weighted by Crippen LogP contribution is -2.42. The number of amides is 1. The van der Waals surface area contributed by atoms with Gasteiger partial charge in [0.25, 0.3) is 11.5 Å². The molecule has 0 fully saturated rings. The van der Waals surface area contributed by atoms with Crippen molar-refractivity contribution in [2.75, 3.05) is 0 Å². The first kappa shape index (κ1) is 26.4. The lowest BCUT2D eigenvalue weighted by molar-refractivity contribution is -0.136. The number of benzene rings is 2. The van der Waals surface area contributed by atoms with Crippen molar-refractivity contribution in [3.8, 4) is 11.3 Å². The van der Waals surface area contributed by atoms with Crippen molar-refractivity contribution in [2.45, 2.75) is 38.6 Å². The molecule has 0 bridgehead atoms. The standard InChI is InChI=1S/C25H21ClF4N4O3/c1-12-10-14(6-9-16(12)26)17-11-34-20(23(36)31-17)18(25(28,29)30)19(33-34)22(35)32-21(24(2,3)37)13-4-7-15(27)8-5-13/h4-11,21,37H,1-3H3,(H,31,36)(H,32,35). The van der Waals surface area contributed by atoms with E-state index in [9.17, 15) is 32.3 Å². The molecule has 2 aromatic carbocycles. The first-order valence-electron chi connectivity index (χ1n) is 10.9. The number of halogens is 5. The molecule has 0 aliphatic carbocycles. The van der Waals surface area contributed by atoms with E-state index in [0.717, 1.165) is 12.1 Å². The van der Waals surface area contributed by atoms with Crippen molar-refractivity contribution in [2.24, 2.45) is 0 Å². The van der Waals surface area contributed by atoms with Gasteiger partial charge in [-0.05, 0) is 61.7 Å². The number of carbonyl (C=O) groups excluding carboxylic acids is 1. The van der Waals surface area contributed by atoms with Crippen molar-refractivity contribution in [3.63, 3.8) is 0 Å². The van der Waals surface area contributed by atoms with Crippen LogP contribution in [0.25, 0.3) is 16.8 Å². The maximum atomic E-state index is 14.1. The van der Waals surface area contributed by atoms with Crippen LogP contribution in [0.3, 0.4) is 0 Å². The van der Waals surface area contributed by atoms with Gasteiger partial charge in [-0.1, -0.05) is 29.8 Å². The van der Waals surface area contributed by atoms with Crippen LogP contribution in [0.4, 0.5) is 17.6 Å². The summed E-state index contributed by atoms with van der Waals surface area (Å²) >= 11 is 6.03. The quantitative estimate of drug-likeness (QED) is 0.311. The second-order valence-electron chi connectivity index (χ2n) is 9.09. The predicted octanol–water partition coefficient (Wildman–Crippen LogP) is 5.05. The van der Waals surface area contributed by atoms with E-state index >= 15 is 0 Å². The SMILES string of the molecule is Cc1cc(-c2cn3nc(C(=O)NC(c4ccc(F)cc4)C(C)(C)O)c(C(F)(F)F)c3c(=O)[nH]2)ccc1Cl. The van der Waals surface area contributed by atoms with Crippen molar-refractivity contribution < 1.29 is 27.5 Å². The Kier molecular flexibility index (Phi) is 6.63. The van der Waals surface area contributed by atoms with Crippen molar-refractivity contribution >= 4 is 23.0 Å². The average molecular weight is 537 g/mol. The molecule has 7 nitrogen and oxygen atoms in total. The summed E-state index contributed by atoms with van der Waals surface area (Å²) in [7, 11) is 0. The lowest BCUT2D eigenvalue weighted by Gasteiger charge is -2.30. The smallest absolute Gasteiger partial charge is 0.388 e. The number of rotatable bonds is 5. The van der Waals surface area contributed by atoms with Crippen LogP contribution in [0.1, 0.15) is 47.1 Å². The van der Waals surface area contributed by atoms with E-state index in [4.69, 9.17) is 11.6 Å². The number of aliphatic hydroxyl groups is 1. The van der Waals surface area contributed by atoms with E-state index in [2.05, 4.69) is 15.4 Å². The van der Waals surface area contributed by atoms with E-state index in [1.807, 2.05) is 0 Å². The third kappa shape index (κ3) is 5.23. The highest BCUT2D eigenvalue weighted by molar-refractivity contribution is 6.31. The molecule has 194 valence electrons. The minimum atomic E-state index is -5.11. The Hall–Kier alpha value is -3.70. The molecule has 4 aromatic rings. The zero-order valence-corrected chi connectivity index (χ0v) is 20.5. The third-order valence-electron chi connectivity index (χ3n) is 5.78. The fourth-order valence-electron chi connectivity index (χ4n) is 3.99. The Labute approximate surface area is 212 Å². The molecule has 0 saturated carbocycles. The molecule has 12 heteroatoms. The number of hydrogen-bond donors (Lipinski definition) is 3. The number of aromatic amines is 1. The van der Waals surface area contributed by atoms with Gasteiger partial charge in [-0.25, -0.2) is 8.91 Å². The molecular weight excluding hydrogens is 516 g/mol. The van der Waals surface area contributed by atoms with Crippen LogP contribution < -0.4 is 10.9 Å². The van der Waals surface area contributed by atoms with E-state index in [-0.39, 0.29) is 11.3 Å². The molecule has 0 aliphatic rings. The predicted molar refractivity (Wildman–Crippen MR) is 129 cm³/mol. The summed E-state index contributed by atoms with van der Waals surface area (Å²) < 4.78 is 56.4. The Morgan fingerprint density at radius 2 is 1.81 bits per heavy atom. The number of alkyl halides is 3. The molecule has 0 spiro atoms. The molecule has 1 atom stereocenters. The number of nitrogens with zero attached hydrogens (tertiary/aromatic N) is 2. The molecule has 3 N–H and O–H groups in total. The zero-order chi connectivity index (χ0) is 27.3. The molecule has 0 radical (unpaired) electrons. The molecule has 1 unspecified atom stereocenters.